The van der Waals surface area contributed by atoms with Crippen LogP contribution in [0.15, 0.2) is 24.3 Å². The highest BCUT2D eigenvalue weighted by molar-refractivity contribution is 5.86. The lowest BCUT2D eigenvalue weighted by molar-refractivity contribution is -0.103. The van der Waals surface area contributed by atoms with Crippen LogP contribution >= 0.6 is 0 Å². The van der Waals surface area contributed by atoms with Crippen LogP contribution in [-0.2, 0) is 11.2 Å². The Morgan fingerprint density at radius 1 is 1.35 bits per heavy atom. The van der Waals surface area contributed by atoms with Crippen LogP contribution in [0.2, 0.25) is 0 Å². The maximum Gasteiger partial charge on any atom is 0.0680 e. The lowest BCUT2D eigenvalue weighted by Crippen LogP contribution is -2.49. The molecule has 1 fully saturated rings. The van der Waals surface area contributed by atoms with Gasteiger partial charge in [0.2, 0.25) is 0 Å². The normalized spacial score (nSPS) is 35.8. The fraction of sp³-hybridized carbons (Fsp3) is 0.579. The maximum absolute atomic E-state index is 9.93. The van der Waals surface area contributed by atoms with Gasteiger partial charge >= 0.3 is 0 Å². The third kappa shape index (κ3) is 1.83. The van der Waals surface area contributed by atoms with Gasteiger partial charge in [-0.25, -0.2) is 0 Å². The van der Waals surface area contributed by atoms with Crippen molar-refractivity contribution in [3.8, 4) is 0 Å². The van der Waals surface area contributed by atoms with E-state index in [1.54, 1.807) is 0 Å². The molecule has 3 aliphatic rings. The smallest absolute Gasteiger partial charge is 0.0680 e. The number of rotatable bonds is 1. The standard InChI is InChI=1S/C19H24N2O2/c1-11-15(9-22)14-8-16-19-13(6-7-20-16)12-4-2-3-5-17(12)21(19)18(14)10-23-11/h2-5,11,14-16,18,20,22H,6-10H2,1H3/t11-,14+,15+,16+,18-/m1/s1. The molecule has 3 aliphatic heterocycles. The predicted octanol–water partition coefficient (Wildman–Crippen LogP) is 2.42. The Bertz CT molecular complexity index is 753. The van der Waals surface area contributed by atoms with E-state index in [-0.39, 0.29) is 18.6 Å². The molecule has 23 heavy (non-hydrogen) atoms. The van der Waals surface area contributed by atoms with Crippen molar-refractivity contribution in [3.05, 3.63) is 35.5 Å². The van der Waals surface area contributed by atoms with Crippen molar-refractivity contribution in [1.29, 1.82) is 0 Å². The van der Waals surface area contributed by atoms with Crippen LogP contribution in [0.4, 0.5) is 0 Å². The predicted molar refractivity (Wildman–Crippen MR) is 89.5 cm³/mol. The number of aliphatic hydroxyl groups excluding tert-OH is 1. The van der Waals surface area contributed by atoms with Crippen LogP contribution in [0.3, 0.4) is 0 Å². The molecule has 0 radical (unpaired) electrons. The van der Waals surface area contributed by atoms with Gasteiger partial charge in [-0.05, 0) is 43.9 Å². The first kappa shape index (κ1) is 14.0. The number of benzene rings is 1. The van der Waals surface area contributed by atoms with Crippen LogP contribution in [0, 0.1) is 11.8 Å². The van der Waals surface area contributed by atoms with Crippen LogP contribution < -0.4 is 5.32 Å². The van der Waals surface area contributed by atoms with Crippen molar-refractivity contribution in [2.24, 2.45) is 11.8 Å². The van der Waals surface area contributed by atoms with Crippen LogP contribution in [-0.4, -0.2) is 35.5 Å². The highest BCUT2D eigenvalue weighted by Crippen LogP contribution is 2.49. The van der Waals surface area contributed by atoms with Crippen LogP contribution in [0.1, 0.15) is 36.7 Å². The van der Waals surface area contributed by atoms with Gasteiger partial charge in [0.1, 0.15) is 0 Å². The van der Waals surface area contributed by atoms with Crippen LogP contribution in [0.5, 0.6) is 0 Å². The Morgan fingerprint density at radius 3 is 3.09 bits per heavy atom. The molecule has 4 heterocycles. The highest BCUT2D eigenvalue weighted by Gasteiger charge is 2.46. The topological polar surface area (TPSA) is 46.4 Å². The number of hydrogen-bond donors (Lipinski definition) is 2. The number of fused-ring (bicyclic) bond motifs is 5. The average molecular weight is 312 g/mol. The molecule has 5 rings (SSSR count). The van der Waals surface area contributed by atoms with Crippen molar-refractivity contribution in [2.45, 2.75) is 38.0 Å². The third-order valence-corrected chi connectivity index (χ3v) is 6.38. The monoisotopic (exact) mass is 312 g/mol. The summed E-state index contributed by atoms with van der Waals surface area (Å²) < 4.78 is 8.60. The highest BCUT2D eigenvalue weighted by atomic mass is 16.5. The third-order valence-electron chi connectivity index (χ3n) is 6.38. The quantitative estimate of drug-likeness (QED) is 0.850. The Balaban J connectivity index is 1.74. The van der Waals surface area contributed by atoms with E-state index in [0.29, 0.717) is 18.0 Å². The molecule has 1 saturated heterocycles. The van der Waals surface area contributed by atoms with E-state index in [0.717, 1.165) is 26.0 Å². The van der Waals surface area contributed by atoms with Gasteiger partial charge in [-0.3, -0.25) is 0 Å². The van der Waals surface area contributed by atoms with E-state index in [1.165, 1.54) is 22.2 Å². The number of nitrogens with zero attached hydrogens (tertiary/aromatic N) is 1. The molecule has 2 aromatic rings. The van der Waals surface area contributed by atoms with Crippen molar-refractivity contribution in [2.75, 3.05) is 19.8 Å². The summed E-state index contributed by atoms with van der Waals surface area (Å²) in [7, 11) is 0. The number of nitrogens with one attached hydrogen (secondary N) is 1. The summed E-state index contributed by atoms with van der Waals surface area (Å²) in [5.41, 5.74) is 4.35. The summed E-state index contributed by atoms with van der Waals surface area (Å²) in [6.45, 7) is 4.15. The van der Waals surface area contributed by atoms with Crippen LogP contribution in [0.25, 0.3) is 10.9 Å². The number of aliphatic hydroxyl groups is 1. The molecule has 4 nitrogen and oxygen atoms in total. The number of hydrogen-bond acceptors (Lipinski definition) is 3. The van der Waals surface area contributed by atoms with Gasteiger partial charge in [-0.1, -0.05) is 18.2 Å². The van der Waals surface area contributed by atoms with E-state index >= 15 is 0 Å². The van der Waals surface area contributed by atoms with Gasteiger partial charge in [-0.2, -0.15) is 0 Å². The Hall–Kier alpha value is -1.36. The molecule has 4 heteroatoms. The van der Waals surface area contributed by atoms with Gasteiger partial charge in [0.05, 0.1) is 18.8 Å². The Morgan fingerprint density at radius 2 is 2.22 bits per heavy atom. The zero-order chi connectivity index (χ0) is 15.6. The molecule has 0 spiro atoms. The lowest BCUT2D eigenvalue weighted by atomic mass is 9.74. The molecule has 1 aromatic heterocycles. The molecule has 0 bridgehead atoms. The SMILES string of the molecule is C[C@H]1OC[C@@H]2[C@@H](C[C@@H]3NCCc4c3n2c2ccccc42)[C@H]1CO. The fourth-order valence-corrected chi connectivity index (χ4v) is 5.30. The molecule has 2 N–H and O–H groups in total. The number of aromatic nitrogens is 1. The second-order valence-corrected chi connectivity index (χ2v) is 7.36. The molecule has 122 valence electrons. The first-order chi connectivity index (χ1) is 11.3. The van der Waals surface area contributed by atoms with Gasteiger partial charge < -0.3 is 19.7 Å². The molecule has 0 aliphatic carbocycles. The van der Waals surface area contributed by atoms with Crippen molar-refractivity contribution < 1.29 is 9.84 Å². The van der Waals surface area contributed by atoms with Gasteiger partial charge in [-0.15, -0.1) is 0 Å². The van der Waals surface area contributed by atoms with Crippen molar-refractivity contribution in [1.82, 2.24) is 9.88 Å². The molecule has 1 aromatic carbocycles. The first-order valence-electron chi connectivity index (χ1n) is 8.87. The second kappa shape index (κ2) is 5.07. The molecule has 0 unspecified atom stereocenters. The fourth-order valence-electron chi connectivity index (χ4n) is 5.30. The van der Waals surface area contributed by atoms with Gasteiger partial charge in [0, 0.05) is 35.2 Å². The summed E-state index contributed by atoms with van der Waals surface area (Å²) in [5, 5.41) is 15.1. The van der Waals surface area contributed by atoms with Crippen molar-refractivity contribution in [3.63, 3.8) is 0 Å². The molecule has 5 atom stereocenters. The summed E-state index contributed by atoms with van der Waals surface area (Å²) >= 11 is 0. The second-order valence-electron chi connectivity index (χ2n) is 7.36. The average Bonchev–Trinajstić information content (AvgIpc) is 2.92. The number of para-hydroxylation sites is 1. The molecule has 0 saturated carbocycles. The molecular weight excluding hydrogens is 288 g/mol. The summed E-state index contributed by atoms with van der Waals surface area (Å²) in [4.78, 5) is 0. The maximum atomic E-state index is 9.93. The largest absolute Gasteiger partial charge is 0.396 e. The first-order valence-corrected chi connectivity index (χ1v) is 8.87. The zero-order valence-corrected chi connectivity index (χ0v) is 13.5. The van der Waals surface area contributed by atoms with Gasteiger partial charge in [0.25, 0.3) is 0 Å². The zero-order valence-electron chi connectivity index (χ0n) is 13.5. The van der Waals surface area contributed by atoms with E-state index in [1.807, 2.05) is 0 Å². The summed E-state index contributed by atoms with van der Waals surface area (Å²) in [5.74, 6) is 0.714. The van der Waals surface area contributed by atoms with E-state index in [2.05, 4.69) is 41.1 Å². The van der Waals surface area contributed by atoms with E-state index < -0.39 is 0 Å². The van der Waals surface area contributed by atoms with Gasteiger partial charge in [0.15, 0.2) is 0 Å². The molecule has 0 amide bonds. The molecular formula is C19H24N2O2. The van der Waals surface area contributed by atoms with E-state index in [4.69, 9.17) is 4.74 Å². The summed E-state index contributed by atoms with van der Waals surface area (Å²) in [6.07, 6.45) is 2.37. The summed E-state index contributed by atoms with van der Waals surface area (Å²) in [6, 6.07) is 9.58. The Labute approximate surface area is 136 Å². The minimum absolute atomic E-state index is 0.146. The number of ether oxygens (including phenoxy) is 1. The van der Waals surface area contributed by atoms with E-state index in [9.17, 15) is 5.11 Å². The minimum atomic E-state index is 0.146. The lowest BCUT2D eigenvalue weighted by Gasteiger charge is -2.48. The minimum Gasteiger partial charge on any atom is -0.396 e. The Kier molecular flexibility index (Phi) is 3.09. The van der Waals surface area contributed by atoms with Crippen molar-refractivity contribution >= 4 is 10.9 Å².